The van der Waals surface area contributed by atoms with Gasteiger partial charge in [0.1, 0.15) is 5.82 Å². The Morgan fingerprint density at radius 1 is 1.17 bits per heavy atom. The Labute approximate surface area is 140 Å². The van der Waals surface area contributed by atoms with Gasteiger partial charge in [-0.2, -0.15) is 0 Å². The fourth-order valence-corrected chi connectivity index (χ4v) is 4.05. The van der Waals surface area contributed by atoms with Crippen molar-refractivity contribution in [3.8, 4) is 0 Å². The molecule has 0 saturated carbocycles. The first-order valence-electron chi connectivity index (χ1n) is 9.21. The number of hydrogen-bond donors (Lipinski definition) is 1. The number of morpholine rings is 1. The summed E-state index contributed by atoms with van der Waals surface area (Å²) in [4.78, 5) is 13.3. The summed E-state index contributed by atoms with van der Waals surface area (Å²) in [6.45, 7) is 14.2. The Kier molecular flexibility index (Phi) is 5.39. The summed E-state index contributed by atoms with van der Waals surface area (Å²) in [6, 6.07) is 0.728. The number of aromatic amines is 1. The van der Waals surface area contributed by atoms with Crippen molar-refractivity contribution in [2.75, 3.05) is 26.2 Å². The van der Waals surface area contributed by atoms with Crippen LogP contribution in [0.5, 0.6) is 0 Å². The summed E-state index contributed by atoms with van der Waals surface area (Å²) < 4.78 is 5.87. The van der Waals surface area contributed by atoms with Gasteiger partial charge in [0.15, 0.2) is 0 Å². The summed E-state index contributed by atoms with van der Waals surface area (Å²) in [5.74, 6) is 1.11. The van der Waals surface area contributed by atoms with Crippen molar-refractivity contribution in [3.63, 3.8) is 0 Å². The molecular formula is C18H32N4O. The zero-order valence-corrected chi connectivity index (χ0v) is 15.1. The molecule has 0 bridgehead atoms. The molecule has 2 atom stereocenters. The molecule has 0 spiro atoms. The lowest BCUT2D eigenvalue weighted by atomic mass is 10.0. The molecule has 3 heterocycles. The van der Waals surface area contributed by atoms with Crippen LogP contribution in [0.4, 0.5) is 0 Å². The maximum atomic E-state index is 5.87. The van der Waals surface area contributed by atoms with E-state index in [0.717, 1.165) is 37.9 Å². The summed E-state index contributed by atoms with van der Waals surface area (Å²) in [6.07, 6.45) is 4.26. The number of likely N-dealkylation sites (tertiary alicyclic amines) is 1. The van der Waals surface area contributed by atoms with Gasteiger partial charge in [0.25, 0.3) is 0 Å². The first-order valence-corrected chi connectivity index (χ1v) is 9.21. The molecule has 1 aromatic heterocycles. The van der Waals surface area contributed by atoms with E-state index in [-0.39, 0.29) is 0 Å². The first-order chi connectivity index (χ1) is 11.0. The van der Waals surface area contributed by atoms with Crippen LogP contribution in [0.3, 0.4) is 0 Å². The van der Waals surface area contributed by atoms with Crippen LogP contribution in [0.25, 0.3) is 0 Å². The van der Waals surface area contributed by atoms with Crippen molar-refractivity contribution < 1.29 is 4.74 Å². The Bertz CT molecular complexity index is 497. The molecule has 1 N–H and O–H groups in total. The van der Waals surface area contributed by atoms with Gasteiger partial charge in [0.05, 0.1) is 17.9 Å². The molecule has 2 aliphatic heterocycles. The number of aromatic nitrogens is 2. The lowest BCUT2D eigenvalue weighted by Gasteiger charge is -2.43. The molecule has 0 unspecified atom stereocenters. The van der Waals surface area contributed by atoms with E-state index in [2.05, 4.69) is 42.5 Å². The summed E-state index contributed by atoms with van der Waals surface area (Å²) in [5, 5.41) is 0. The molecule has 130 valence electrons. The number of H-pyrrole nitrogens is 1. The highest BCUT2D eigenvalue weighted by molar-refractivity contribution is 5.13. The summed E-state index contributed by atoms with van der Waals surface area (Å²) in [5.41, 5.74) is 2.47. The molecule has 23 heavy (non-hydrogen) atoms. The molecule has 0 amide bonds. The van der Waals surface area contributed by atoms with Gasteiger partial charge in [-0.25, -0.2) is 4.98 Å². The number of nitrogens with zero attached hydrogens (tertiary/aromatic N) is 3. The van der Waals surface area contributed by atoms with Crippen molar-refractivity contribution >= 4 is 0 Å². The lowest BCUT2D eigenvalue weighted by Crippen LogP contribution is -2.53. The molecule has 0 radical (unpaired) electrons. The molecule has 0 aromatic carbocycles. The van der Waals surface area contributed by atoms with Crippen molar-refractivity contribution in [1.29, 1.82) is 0 Å². The molecular weight excluding hydrogens is 288 g/mol. The highest BCUT2D eigenvalue weighted by atomic mass is 16.5. The van der Waals surface area contributed by atoms with Crippen LogP contribution < -0.4 is 0 Å². The Hall–Kier alpha value is -0.910. The predicted molar refractivity (Wildman–Crippen MR) is 92.6 cm³/mol. The number of aryl methyl sites for hydroxylation is 2. The fourth-order valence-electron chi connectivity index (χ4n) is 4.05. The van der Waals surface area contributed by atoms with Crippen LogP contribution in [0.1, 0.15) is 50.8 Å². The average Bonchev–Trinajstić information content (AvgIpc) is 2.87. The van der Waals surface area contributed by atoms with Gasteiger partial charge in [0.2, 0.25) is 0 Å². The number of nitrogens with one attached hydrogen (secondary N) is 1. The van der Waals surface area contributed by atoms with E-state index < -0.39 is 0 Å². The van der Waals surface area contributed by atoms with Crippen molar-refractivity contribution in [2.45, 2.75) is 71.8 Å². The van der Waals surface area contributed by atoms with Gasteiger partial charge < -0.3 is 9.72 Å². The van der Waals surface area contributed by atoms with Gasteiger partial charge in [-0.05, 0) is 33.6 Å². The van der Waals surface area contributed by atoms with Crippen LogP contribution in [0, 0.1) is 6.92 Å². The summed E-state index contributed by atoms with van der Waals surface area (Å²) >= 11 is 0. The molecule has 0 aliphatic carbocycles. The highest BCUT2D eigenvalue weighted by Crippen LogP contribution is 2.22. The average molecular weight is 320 g/mol. The van der Waals surface area contributed by atoms with Gasteiger partial charge in [0, 0.05) is 50.9 Å². The highest BCUT2D eigenvalue weighted by Gasteiger charge is 2.30. The van der Waals surface area contributed by atoms with Crippen molar-refractivity contribution in [3.05, 3.63) is 17.2 Å². The second kappa shape index (κ2) is 7.32. The second-order valence-corrected chi connectivity index (χ2v) is 7.33. The molecule has 2 aliphatic rings. The molecule has 3 rings (SSSR count). The Morgan fingerprint density at radius 3 is 2.39 bits per heavy atom. The minimum atomic E-state index is 0.371. The number of hydrogen-bond acceptors (Lipinski definition) is 4. The molecule has 5 heteroatoms. The number of piperidine rings is 1. The number of rotatable bonds is 4. The maximum absolute atomic E-state index is 5.87. The van der Waals surface area contributed by atoms with E-state index in [1.54, 1.807) is 0 Å². The van der Waals surface area contributed by atoms with Crippen LogP contribution in [-0.2, 0) is 17.7 Å². The third-order valence-electron chi connectivity index (χ3n) is 5.26. The Morgan fingerprint density at radius 2 is 1.83 bits per heavy atom. The minimum absolute atomic E-state index is 0.371. The monoisotopic (exact) mass is 320 g/mol. The van der Waals surface area contributed by atoms with Gasteiger partial charge in [-0.3, -0.25) is 9.80 Å². The normalized spacial score (nSPS) is 28.3. The van der Waals surface area contributed by atoms with E-state index >= 15 is 0 Å². The van der Waals surface area contributed by atoms with E-state index in [4.69, 9.17) is 9.72 Å². The molecule has 2 saturated heterocycles. The van der Waals surface area contributed by atoms with Crippen LogP contribution in [0.15, 0.2) is 0 Å². The fraction of sp³-hybridized carbons (Fsp3) is 0.833. The topological polar surface area (TPSA) is 44.4 Å². The quantitative estimate of drug-likeness (QED) is 0.925. The third-order valence-corrected chi connectivity index (χ3v) is 5.26. The van der Waals surface area contributed by atoms with E-state index in [1.165, 1.54) is 37.3 Å². The zero-order chi connectivity index (χ0) is 16.4. The number of imidazole rings is 1. The van der Waals surface area contributed by atoms with E-state index in [9.17, 15) is 0 Å². The molecule has 5 nitrogen and oxygen atoms in total. The van der Waals surface area contributed by atoms with Crippen LogP contribution in [-0.4, -0.2) is 64.2 Å². The van der Waals surface area contributed by atoms with Gasteiger partial charge in [-0.1, -0.05) is 6.92 Å². The predicted octanol–water partition coefficient (Wildman–Crippen LogP) is 2.35. The first kappa shape index (κ1) is 16.9. The third kappa shape index (κ3) is 4.14. The standard InChI is InChI=1S/C18H32N4O/c1-5-18-19-15(4)17(20-18)12-21-8-6-16(7-9-21)22-10-13(2)23-14(3)11-22/h13-14,16H,5-12H2,1-4H3,(H,19,20)/t13-,14+. The van der Waals surface area contributed by atoms with Crippen molar-refractivity contribution in [1.82, 2.24) is 19.8 Å². The second-order valence-electron chi connectivity index (χ2n) is 7.33. The minimum Gasteiger partial charge on any atom is -0.373 e. The zero-order valence-electron chi connectivity index (χ0n) is 15.1. The summed E-state index contributed by atoms with van der Waals surface area (Å²) in [7, 11) is 0. The smallest absolute Gasteiger partial charge is 0.106 e. The molecule has 2 fully saturated rings. The maximum Gasteiger partial charge on any atom is 0.106 e. The lowest BCUT2D eigenvalue weighted by molar-refractivity contribution is -0.0866. The van der Waals surface area contributed by atoms with Crippen LogP contribution >= 0.6 is 0 Å². The van der Waals surface area contributed by atoms with Gasteiger partial charge in [-0.15, -0.1) is 0 Å². The van der Waals surface area contributed by atoms with Gasteiger partial charge >= 0.3 is 0 Å². The van der Waals surface area contributed by atoms with Crippen molar-refractivity contribution in [2.24, 2.45) is 0 Å². The SMILES string of the molecule is CCc1nc(CN2CCC(N3C[C@@H](C)O[C@@H](C)C3)CC2)c(C)[nH]1. The van der Waals surface area contributed by atoms with Crippen LogP contribution in [0.2, 0.25) is 0 Å². The molecule has 1 aromatic rings. The number of ether oxygens (including phenoxy) is 1. The Balaban J connectivity index is 1.51. The van der Waals surface area contributed by atoms with E-state index in [0.29, 0.717) is 12.2 Å². The largest absolute Gasteiger partial charge is 0.373 e. The van der Waals surface area contributed by atoms with E-state index in [1.807, 2.05) is 0 Å².